The van der Waals surface area contributed by atoms with Gasteiger partial charge in [0.1, 0.15) is 18.5 Å². The van der Waals surface area contributed by atoms with Crippen LogP contribution in [0.15, 0.2) is 12.7 Å². The highest BCUT2D eigenvalue weighted by molar-refractivity contribution is 6.76. The zero-order valence-electron chi connectivity index (χ0n) is 22.3. The number of aromatic nitrogens is 4. The molecule has 2 saturated heterocycles. The van der Waals surface area contributed by atoms with Gasteiger partial charge in [-0.25, -0.2) is 9.97 Å². The van der Waals surface area contributed by atoms with E-state index >= 15 is 0 Å². The minimum Gasteiger partial charge on any atom is -0.476 e. The fraction of sp³-hybridized carbons (Fsp3) is 0.783. The molecule has 12 heteroatoms. The van der Waals surface area contributed by atoms with E-state index in [9.17, 15) is 10.2 Å². The number of nitrogens with zero attached hydrogens (tertiary/aromatic N) is 4. The lowest BCUT2D eigenvalue weighted by molar-refractivity contribution is -0.248. The number of ether oxygens (including phenoxy) is 2. The lowest BCUT2D eigenvalue weighted by atomic mass is 10.1. The second-order valence-electron chi connectivity index (χ2n) is 12.9. The molecule has 0 saturated carbocycles. The molecular formula is C23H40N4O6Si2. The van der Waals surface area contributed by atoms with Crippen molar-refractivity contribution in [3.05, 3.63) is 12.7 Å². The van der Waals surface area contributed by atoms with E-state index in [4.69, 9.17) is 18.3 Å². The van der Waals surface area contributed by atoms with Crippen molar-refractivity contribution in [3.8, 4) is 5.88 Å². The van der Waals surface area contributed by atoms with Crippen molar-refractivity contribution in [2.75, 3.05) is 13.2 Å². The lowest BCUT2D eigenvalue weighted by Crippen LogP contribution is -2.67. The molecule has 4 heterocycles. The Kier molecular flexibility index (Phi) is 6.52. The van der Waals surface area contributed by atoms with E-state index in [0.717, 1.165) is 6.04 Å². The van der Waals surface area contributed by atoms with Crippen LogP contribution in [0.3, 0.4) is 0 Å². The first kappa shape index (κ1) is 26.6. The molecule has 2 aromatic rings. The predicted molar refractivity (Wildman–Crippen MR) is 136 cm³/mol. The van der Waals surface area contributed by atoms with Crippen LogP contribution in [-0.2, 0) is 13.6 Å². The van der Waals surface area contributed by atoms with Gasteiger partial charge in [0, 0.05) is 18.2 Å². The van der Waals surface area contributed by atoms with Crippen LogP contribution in [0.25, 0.3) is 11.2 Å². The maximum atomic E-state index is 11.4. The van der Waals surface area contributed by atoms with Gasteiger partial charge in [-0.3, -0.25) is 4.57 Å². The maximum Gasteiger partial charge on any atom is 0.349 e. The van der Waals surface area contributed by atoms with E-state index in [1.165, 1.54) is 17.2 Å². The highest BCUT2D eigenvalue weighted by Crippen LogP contribution is 2.57. The van der Waals surface area contributed by atoms with E-state index in [1.807, 2.05) is 0 Å². The third kappa shape index (κ3) is 4.58. The van der Waals surface area contributed by atoms with Gasteiger partial charge in [-0.2, -0.15) is 4.98 Å². The molecule has 0 radical (unpaired) electrons. The van der Waals surface area contributed by atoms with E-state index < -0.39 is 40.9 Å². The van der Waals surface area contributed by atoms with Crippen LogP contribution in [0.1, 0.15) is 47.8 Å². The predicted octanol–water partition coefficient (Wildman–Crippen LogP) is 3.58. The second kappa shape index (κ2) is 8.57. The summed E-state index contributed by atoms with van der Waals surface area (Å²) in [5, 5.41) is 22.2. The Morgan fingerprint density at radius 3 is 2.37 bits per heavy atom. The molecule has 196 valence electrons. The Bertz CT molecular complexity index is 1060. The summed E-state index contributed by atoms with van der Waals surface area (Å²) in [6.45, 7) is 20.1. The molecule has 10 nitrogen and oxygen atoms in total. The van der Waals surface area contributed by atoms with Crippen molar-refractivity contribution in [3.63, 3.8) is 0 Å². The molecule has 2 aliphatic rings. The molecule has 4 rings (SSSR count). The number of rotatable bonds is 5. The summed E-state index contributed by atoms with van der Waals surface area (Å²) in [4.78, 5) is 13.0. The van der Waals surface area contributed by atoms with Crippen LogP contribution in [0.2, 0.25) is 35.8 Å². The number of aliphatic hydroxyl groups is 2. The van der Waals surface area contributed by atoms with Crippen LogP contribution in [0, 0.1) is 0 Å². The van der Waals surface area contributed by atoms with E-state index in [1.54, 1.807) is 0 Å². The van der Waals surface area contributed by atoms with Crippen LogP contribution >= 0.6 is 0 Å². The number of imidazole rings is 1. The summed E-state index contributed by atoms with van der Waals surface area (Å²) < 4.78 is 26.6. The largest absolute Gasteiger partial charge is 0.476 e. The highest BCUT2D eigenvalue weighted by atomic mass is 28.4. The third-order valence-corrected chi connectivity index (χ3v) is 13.6. The summed E-state index contributed by atoms with van der Waals surface area (Å²) >= 11 is 0. The van der Waals surface area contributed by atoms with Crippen molar-refractivity contribution in [1.82, 2.24) is 19.5 Å². The van der Waals surface area contributed by atoms with Crippen molar-refractivity contribution >= 4 is 27.8 Å². The van der Waals surface area contributed by atoms with Crippen LogP contribution in [0.5, 0.6) is 5.88 Å². The Labute approximate surface area is 209 Å². The topological polar surface area (TPSA) is 121 Å². The van der Waals surface area contributed by atoms with Crippen LogP contribution in [0.4, 0.5) is 0 Å². The molecule has 0 unspecified atom stereocenters. The standard InChI is InChI=1S/C23H40N4O6Si2/c1-21(2,3)35(22(4,5)6)31-12-15-17(33-35)23(28,29)20(32-15)27-14-26-16-18(27)24-13-25-19(16)30-10-11-34(7,8)9/h13-15,17,20,28-29H,10-12H2,1-9H3/t15-,17-,20-/m1/s1. The molecule has 2 N–H and O–H groups in total. The van der Waals surface area contributed by atoms with Crippen molar-refractivity contribution < 1.29 is 28.5 Å². The summed E-state index contributed by atoms with van der Waals surface area (Å²) in [5.74, 6) is -1.95. The fourth-order valence-electron chi connectivity index (χ4n) is 5.20. The van der Waals surface area contributed by atoms with Gasteiger partial charge >= 0.3 is 8.56 Å². The molecule has 0 amide bonds. The fourth-order valence-corrected chi connectivity index (χ4v) is 10.9. The first-order chi connectivity index (χ1) is 16.0. The molecule has 2 fully saturated rings. The Morgan fingerprint density at radius 2 is 1.77 bits per heavy atom. The minimum atomic E-state index is -2.94. The van der Waals surface area contributed by atoms with Crippen LogP contribution < -0.4 is 4.74 Å². The first-order valence-electron chi connectivity index (χ1n) is 12.2. The second-order valence-corrected chi connectivity index (χ2v) is 23.3. The molecule has 0 aromatic carbocycles. The zero-order valence-corrected chi connectivity index (χ0v) is 24.3. The van der Waals surface area contributed by atoms with Crippen molar-refractivity contribution in [1.29, 1.82) is 0 Å². The Hall–Kier alpha value is -1.42. The zero-order chi connectivity index (χ0) is 26.0. The Morgan fingerprint density at radius 1 is 1.11 bits per heavy atom. The number of hydrogen-bond acceptors (Lipinski definition) is 9. The van der Waals surface area contributed by atoms with E-state index in [0.29, 0.717) is 23.7 Å². The van der Waals surface area contributed by atoms with E-state index in [-0.39, 0.29) is 16.7 Å². The van der Waals surface area contributed by atoms with Crippen molar-refractivity contribution in [2.45, 2.75) is 102 Å². The average molecular weight is 525 g/mol. The normalized spacial score (nSPS) is 26.7. The Balaban J connectivity index is 1.64. The number of fused-ring (bicyclic) bond motifs is 2. The smallest absolute Gasteiger partial charge is 0.349 e. The quantitative estimate of drug-likeness (QED) is 0.446. The van der Waals surface area contributed by atoms with Gasteiger partial charge in [-0.15, -0.1) is 0 Å². The maximum absolute atomic E-state index is 11.4. The number of hydrogen-bond donors (Lipinski definition) is 2. The summed E-state index contributed by atoms with van der Waals surface area (Å²) in [7, 11) is -4.21. The van der Waals surface area contributed by atoms with Gasteiger partial charge in [0.05, 0.1) is 19.5 Å². The van der Waals surface area contributed by atoms with Gasteiger partial charge in [0.2, 0.25) is 11.7 Å². The monoisotopic (exact) mass is 524 g/mol. The molecule has 3 atom stereocenters. The molecule has 0 bridgehead atoms. The molecule has 35 heavy (non-hydrogen) atoms. The van der Waals surface area contributed by atoms with Crippen LogP contribution in [-0.4, -0.2) is 77.6 Å². The van der Waals surface area contributed by atoms with Gasteiger partial charge in [-0.1, -0.05) is 61.2 Å². The molecule has 0 spiro atoms. The van der Waals surface area contributed by atoms with Gasteiger partial charge in [0.15, 0.2) is 17.4 Å². The SMILES string of the molecule is CC(C)(C)[Si]1(C(C)(C)C)OC[C@H]2O[C@@H](n3cnc4c(OCC[Si](C)(C)C)ncnc43)C(O)(O)[C@@H]2O1. The average Bonchev–Trinajstić information content (AvgIpc) is 3.24. The summed E-state index contributed by atoms with van der Waals surface area (Å²) in [6.07, 6.45) is 0.0673. The molecule has 2 aromatic heterocycles. The summed E-state index contributed by atoms with van der Waals surface area (Å²) in [6, 6.07) is 0.981. The lowest BCUT2D eigenvalue weighted by Gasteiger charge is -2.54. The minimum absolute atomic E-state index is 0.220. The van der Waals surface area contributed by atoms with Gasteiger partial charge in [0.25, 0.3) is 0 Å². The molecule has 2 aliphatic heterocycles. The highest BCUT2D eigenvalue weighted by Gasteiger charge is 2.68. The van der Waals surface area contributed by atoms with E-state index in [2.05, 4.69) is 76.1 Å². The van der Waals surface area contributed by atoms with Crippen molar-refractivity contribution in [2.24, 2.45) is 0 Å². The van der Waals surface area contributed by atoms with Gasteiger partial charge < -0.3 is 28.5 Å². The molecular weight excluding hydrogens is 484 g/mol. The first-order valence-corrected chi connectivity index (χ1v) is 17.7. The van der Waals surface area contributed by atoms with Gasteiger partial charge in [-0.05, 0) is 6.04 Å². The molecule has 0 aliphatic carbocycles. The third-order valence-electron chi connectivity index (χ3n) is 6.81. The summed E-state index contributed by atoms with van der Waals surface area (Å²) in [5.41, 5.74) is 0.845.